The van der Waals surface area contributed by atoms with Crippen molar-refractivity contribution in [2.45, 2.75) is 26.8 Å². The van der Waals surface area contributed by atoms with E-state index in [9.17, 15) is 4.79 Å². The molecule has 0 fully saturated rings. The van der Waals surface area contributed by atoms with E-state index in [0.717, 1.165) is 6.54 Å². The fraction of sp³-hybridized carbons (Fsp3) is 0.800. The Labute approximate surface area is 96.8 Å². The van der Waals surface area contributed by atoms with Crippen molar-refractivity contribution in [3.63, 3.8) is 0 Å². The van der Waals surface area contributed by atoms with Crippen LogP contribution in [0.4, 0.5) is 0 Å². The molecule has 0 rings (SSSR count). The maximum atomic E-state index is 11.3. The Morgan fingerprint density at radius 1 is 1.53 bits per heavy atom. The van der Waals surface area contributed by atoms with Crippen molar-refractivity contribution in [2.24, 2.45) is 11.7 Å². The molecule has 0 bridgehead atoms. The molecule has 0 aromatic heterocycles. The predicted molar refractivity (Wildman–Crippen MR) is 64.7 cm³/mol. The molecule has 2 atom stereocenters. The van der Waals surface area contributed by atoms with Crippen molar-refractivity contribution in [1.82, 2.24) is 4.90 Å². The molecule has 0 saturated heterocycles. The van der Waals surface area contributed by atoms with Gasteiger partial charge in [0.2, 0.25) is 0 Å². The lowest BCUT2D eigenvalue weighted by Gasteiger charge is -2.28. The lowest BCUT2D eigenvalue weighted by atomic mass is 10.1. The van der Waals surface area contributed by atoms with Crippen LogP contribution in [0, 0.1) is 5.92 Å². The zero-order valence-electron chi connectivity index (χ0n) is 9.82. The van der Waals surface area contributed by atoms with Crippen molar-refractivity contribution >= 4 is 23.2 Å². The van der Waals surface area contributed by atoms with Gasteiger partial charge in [-0.15, -0.1) is 0 Å². The highest BCUT2D eigenvalue weighted by Crippen LogP contribution is 2.06. The molecule has 0 amide bonds. The number of likely N-dealkylation sites (N-methyl/N-ethyl adjacent to an activating group) is 1. The average molecular weight is 232 g/mol. The number of nitrogens with two attached hydrogens (primary N) is 1. The van der Waals surface area contributed by atoms with Crippen LogP contribution >= 0.6 is 12.2 Å². The lowest BCUT2D eigenvalue weighted by Crippen LogP contribution is -2.43. The van der Waals surface area contributed by atoms with Gasteiger partial charge in [0.1, 0.15) is 6.04 Å². The zero-order chi connectivity index (χ0) is 12.0. The first kappa shape index (κ1) is 14.3. The van der Waals surface area contributed by atoms with Gasteiger partial charge in [-0.05, 0) is 13.5 Å². The smallest absolute Gasteiger partial charge is 0.322 e. The molecular formula is C10H20N2O2S. The predicted octanol–water partition coefficient (Wildman–Crippen LogP) is 0.792. The minimum Gasteiger partial charge on any atom is -0.468 e. The van der Waals surface area contributed by atoms with Crippen LogP contribution in [0.3, 0.4) is 0 Å². The Kier molecular flexibility index (Phi) is 6.43. The van der Waals surface area contributed by atoms with Gasteiger partial charge < -0.3 is 10.5 Å². The molecule has 0 aromatic carbocycles. The van der Waals surface area contributed by atoms with Gasteiger partial charge in [0, 0.05) is 12.5 Å². The Hall–Kier alpha value is -0.680. The van der Waals surface area contributed by atoms with Crippen LogP contribution in [0.2, 0.25) is 0 Å². The summed E-state index contributed by atoms with van der Waals surface area (Å²) in [5.74, 6) is -0.126. The van der Waals surface area contributed by atoms with Crippen LogP contribution in [0.5, 0.6) is 0 Å². The Morgan fingerprint density at radius 2 is 2.07 bits per heavy atom. The van der Waals surface area contributed by atoms with Gasteiger partial charge in [-0.1, -0.05) is 26.1 Å². The molecule has 0 saturated carbocycles. The molecule has 2 N–H and O–H groups in total. The van der Waals surface area contributed by atoms with Crippen molar-refractivity contribution in [3.8, 4) is 0 Å². The Morgan fingerprint density at radius 3 is 2.40 bits per heavy atom. The van der Waals surface area contributed by atoms with Crippen LogP contribution in [0.15, 0.2) is 0 Å². The van der Waals surface area contributed by atoms with E-state index in [0.29, 0.717) is 11.5 Å². The molecule has 0 aliphatic rings. The molecule has 2 unspecified atom stereocenters. The third-order valence-corrected chi connectivity index (χ3v) is 2.89. The minimum absolute atomic E-state index is 0.104. The van der Waals surface area contributed by atoms with E-state index in [1.165, 1.54) is 7.11 Å². The summed E-state index contributed by atoms with van der Waals surface area (Å²) in [6.07, 6.45) is 0. The second-order valence-corrected chi connectivity index (χ2v) is 4.06. The maximum Gasteiger partial charge on any atom is 0.322 e. The highest BCUT2D eigenvalue weighted by molar-refractivity contribution is 7.80. The molecule has 0 aliphatic heterocycles. The highest BCUT2D eigenvalue weighted by Gasteiger charge is 2.22. The van der Waals surface area contributed by atoms with Gasteiger partial charge in [-0.2, -0.15) is 0 Å². The second kappa shape index (κ2) is 6.74. The summed E-state index contributed by atoms with van der Waals surface area (Å²) >= 11 is 4.90. The van der Waals surface area contributed by atoms with Crippen molar-refractivity contribution in [2.75, 3.05) is 20.2 Å². The quantitative estimate of drug-likeness (QED) is 0.542. The van der Waals surface area contributed by atoms with Gasteiger partial charge in [0.05, 0.1) is 12.1 Å². The highest BCUT2D eigenvalue weighted by atomic mass is 32.1. The second-order valence-electron chi connectivity index (χ2n) is 3.59. The number of methoxy groups -OCH3 is 1. The maximum absolute atomic E-state index is 11.3. The third kappa shape index (κ3) is 4.57. The van der Waals surface area contributed by atoms with Crippen LogP contribution in [-0.2, 0) is 9.53 Å². The SMILES string of the molecule is CCN(CC(C)C(N)=S)C(C)C(=O)OC. The van der Waals surface area contributed by atoms with E-state index in [-0.39, 0.29) is 17.9 Å². The van der Waals surface area contributed by atoms with E-state index < -0.39 is 0 Å². The van der Waals surface area contributed by atoms with Gasteiger partial charge in [-0.25, -0.2) is 0 Å². The van der Waals surface area contributed by atoms with Gasteiger partial charge in [-0.3, -0.25) is 9.69 Å². The molecule has 88 valence electrons. The molecule has 15 heavy (non-hydrogen) atoms. The Balaban J connectivity index is 4.36. The molecule has 0 heterocycles. The first-order valence-electron chi connectivity index (χ1n) is 5.05. The third-order valence-electron chi connectivity index (χ3n) is 2.49. The molecule has 4 nitrogen and oxygen atoms in total. The molecule has 5 heteroatoms. The Bertz CT molecular complexity index is 233. The number of esters is 1. The number of carbonyl (C=O) groups is 1. The van der Waals surface area contributed by atoms with Gasteiger partial charge in [0.25, 0.3) is 0 Å². The molecule has 0 radical (unpaired) electrons. The first-order chi connectivity index (χ1) is 6.93. The summed E-state index contributed by atoms with van der Waals surface area (Å²) in [7, 11) is 1.39. The number of hydrogen-bond acceptors (Lipinski definition) is 4. The summed E-state index contributed by atoms with van der Waals surface area (Å²) in [5, 5.41) is 0. The number of hydrogen-bond donors (Lipinski definition) is 1. The molecule has 0 spiro atoms. The van der Waals surface area contributed by atoms with E-state index in [1.807, 2.05) is 25.7 Å². The minimum atomic E-state index is -0.253. The van der Waals surface area contributed by atoms with Gasteiger partial charge in [0.15, 0.2) is 0 Å². The monoisotopic (exact) mass is 232 g/mol. The van der Waals surface area contributed by atoms with Crippen molar-refractivity contribution < 1.29 is 9.53 Å². The number of ether oxygens (including phenoxy) is 1. The molecule has 0 aliphatic carbocycles. The summed E-state index contributed by atoms with van der Waals surface area (Å²) < 4.78 is 4.69. The van der Waals surface area contributed by atoms with Crippen molar-refractivity contribution in [1.29, 1.82) is 0 Å². The van der Waals surface area contributed by atoms with E-state index in [4.69, 9.17) is 22.7 Å². The fourth-order valence-corrected chi connectivity index (χ4v) is 1.40. The topological polar surface area (TPSA) is 55.6 Å². The first-order valence-corrected chi connectivity index (χ1v) is 5.46. The number of carbonyl (C=O) groups excluding carboxylic acids is 1. The van der Waals surface area contributed by atoms with Crippen LogP contribution in [-0.4, -0.2) is 42.1 Å². The number of rotatable bonds is 6. The van der Waals surface area contributed by atoms with Crippen LogP contribution in [0.1, 0.15) is 20.8 Å². The number of thiocarbonyl (C=S) groups is 1. The summed E-state index contributed by atoms with van der Waals surface area (Å²) in [4.78, 5) is 13.8. The largest absolute Gasteiger partial charge is 0.468 e. The van der Waals surface area contributed by atoms with Crippen LogP contribution < -0.4 is 5.73 Å². The van der Waals surface area contributed by atoms with E-state index in [2.05, 4.69) is 0 Å². The summed E-state index contributed by atoms with van der Waals surface area (Å²) in [5.41, 5.74) is 5.54. The van der Waals surface area contributed by atoms with Gasteiger partial charge >= 0.3 is 5.97 Å². The zero-order valence-corrected chi connectivity index (χ0v) is 10.6. The molecule has 0 aromatic rings. The lowest BCUT2D eigenvalue weighted by molar-refractivity contribution is -0.146. The summed E-state index contributed by atoms with van der Waals surface area (Å²) in [6, 6.07) is -0.253. The standard InChI is InChI=1S/C10H20N2O2S/c1-5-12(6-7(2)9(11)15)8(3)10(13)14-4/h7-8H,5-6H2,1-4H3,(H2,11,15). The fourth-order valence-electron chi connectivity index (χ4n) is 1.32. The normalized spacial score (nSPS) is 14.7. The molecular weight excluding hydrogens is 212 g/mol. The van der Waals surface area contributed by atoms with Crippen molar-refractivity contribution in [3.05, 3.63) is 0 Å². The van der Waals surface area contributed by atoms with Crippen LogP contribution in [0.25, 0.3) is 0 Å². The van der Waals surface area contributed by atoms with E-state index in [1.54, 1.807) is 0 Å². The van der Waals surface area contributed by atoms with E-state index >= 15 is 0 Å². The average Bonchev–Trinajstić information content (AvgIpc) is 2.23. The summed E-state index contributed by atoms with van der Waals surface area (Å²) in [6.45, 7) is 7.22. The number of nitrogens with zero attached hydrogens (tertiary/aromatic N) is 1.